The van der Waals surface area contributed by atoms with E-state index in [1.54, 1.807) is 16.8 Å². The quantitative estimate of drug-likeness (QED) is 0.744. The van der Waals surface area contributed by atoms with Gasteiger partial charge in [-0.1, -0.05) is 0 Å². The Hall–Kier alpha value is -1.91. The highest BCUT2D eigenvalue weighted by molar-refractivity contribution is 5.69. The Morgan fingerprint density at radius 2 is 2.25 bits per heavy atom. The van der Waals surface area contributed by atoms with Crippen LogP contribution in [0.1, 0.15) is 12.8 Å². The van der Waals surface area contributed by atoms with E-state index < -0.39 is 11.1 Å². The Labute approximate surface area is 90.8 Å². The molecule has 2 aromatic heterocycles. The van der Waals surface area contributed by atoms with Crippen LogP contribution in [0.4, 0.5) is 0 Å². The molecule has 5 heteroatoms. The lowest BCUT2D eigenvalue weighted by atomic mass is 10.3. The second-order valence-corrected chi connectivity index (χ2v) is 4.18. The molecule has 1 aliphatic rings. The first-order chi connectivity index (χ1) is 7.75. The summed E-state index contributed by atoms with van der Waals surface area (Å²) in [7, 11) is 0. The summed E-state index contributed by atoms with van der Waals surface area (Å²) in [5.74, 6) is 0.544. The van der Waals surface area contributed by atoms with Crippen molar-refractivity contribution in [2.75, 3.05) is 0 Å². The van der Waals surface area contributed by atoms with Gasteiger partial charge in [-0.15, -0.1) is 0 Å². The lowest BCUT2D eigenvalue weighted by Crippen LogP contribution is -2.36. The first-order valence-corrected chi connectivity index (χ1v) is 5.33. The van der Waals surface area contributed by atoms with Gasteiger partial charge in [0.2, 0.25) is 0 Å². The molecule has 0 bridgehead atoms. The van der Waals surface area contributed by atoms with E-state index in [1.807, 2.05) is 6.07 Å². The van der Waals surface area contributed by atoms with E-state index in [1.165, 1.54) is 0 Å². The summed E-state index contributed by atoms with van der Waals surface area (Å²) in [5, 5.41) is 0. The van der Waals surface area contributed by atoms with E-state index in [0.717, 1.165) is 12.8 Å². The molecule has 16 heavy (non-hydrogen) atoms. The van der Waals surface area contributed by atoms with Crippen molar-refractivity contribution in [1.82, 2.24) is 14.5 Å². The normalized spacial score (nSPS) is 15.5. The first kappa shape index (κ1) is 9.33. The van der Waals surface area contributed by atoms with Gasteiger partial charge in [-0.05, 0) is 30.9 Å². The molecule has 3 rings (SSSR count). The van der Waals surface area contributed by atoms with Crippen molar-refractivity contribution < 1.29 is 0 Å². The van der Waals surface area contributed by atoms with Gasteiger partial charge in [0.1, 0.15) is 0 Å². The van der Waals surface area contributed by atoms with Gasteiger partial charge in [0.05, 0.1) is 5.52 Å². The molecule has 0 aromatic carbocycles. The zero-order chi connectivity index (χ0) is 11.1. The van der Waals surface area contributed by atoms with Crippen molar-refractivity contribution in [3.05, 3.63) is 39.0 Å². The summed E-state index contributed by atoms with van der Waals surface area (Å²) in [4.78, 5) is 29.7. The topological polar surface area (TPSA) is 67.8 Å². The number of aromatic amines is 1. The average molecular weight is 217 g/mol. The molecule has 2 heterocycles. The van der Waals surface area contributed by atoms with Crippen molar-refractivity contribution in [2.24, 2.45) is 5.92 Å². The smallest absolute Gasteiger partial charge is 0.301 e. The molecule has 1 N–H and O–H groups in total. The Balaban J connectivity index is 2.32. The number of nitrogens with zero attached hydrogens (tertiary/aromatic N) is 2. The minimum Gasteiger partial charge on any atom is -0.301 e. The second kappa shape index (κ2) is 3.30. The number of fused-ring (bicyclic) bond motifs is 1. The maximum Gasteiger partial charge on any atom is 0.316 e. The van der Waals surface area contributed by atoms with Gasteiger partial charge in [-0.25, -0.2) is 4.98 Å². The van der Waals surface area contributed by atoms with Gasteiger partial charge in [-0.2, -0.15) is 0 Å². The number of aromatic nitrogens is 3. The third-order valence-corrected chi connectivity index (χ3v) is 2.89. The van der Waals surface area contributed by atoms with Crippen LogP contribution in [-0.4, -0.2) is 14.5 Å². The molecule has 0 saturated heterocycles. The van der Waals surface area contributed by atoms with Crippen LogP contribution in [0.3, 0.4) is 0 Å². The Morgan fingerprint density at radius 1 is 1.44 bits per heavy atom. The number of hydrogen-bond donors (Lipinski definition) is 1. The summed E-state index contributed by atoms with van der Waals surface area (Å²) < 4.78 is 1.54. The molecule has 1 saturated carbocycles. The molecular weight excluding hydrogens is 206 g/mol. The van der Waals surface area contributed by atoms with E-state index in [0.29, 0.717) is 23.6 Å². The van der Waals surface area contributed by atoms with Crippen LogP contribution in [0.25, 0.3) is 11.2 Å². The summed E-state index contributed by atoms with van der Waals surface area (Å²) in [5.41, 5.74) is 0.117. The SMILES string of the molecule is O=c1[nH]c2ncccc2n(CC2CC2)c1=O. The maximum absolute atomic E-state index is 11.7. The number of nitrogens with one attached hydrogen (secondary N) is 1. The molecule has 0 aliphatic heterocycles. The molecule has 1 aliphatic carbocycles. The molecule has 0 spiro atoms. The largest absolute Gasteiger partial charge is 0.316 e. The molecule has 0 unspecified atom stereocenters. The summed E-state index contributed by atoms with van der Waals surface area (Å²) >= 11 is 0. The van der Waals surface area contributed by atoms with Crippen molar-refractivity contribution >= 4 is 11.2 Å². The van der Waals surface area contributed by atoms with Crippen LogP contribution in [0, 0.1) is 5.92 Å². The van der Waals surface area contributed by atoms with Gasteiger partial charge in [-0.3, -0.25) is 9.59 Å². The number of hydrogen-bond acceptors (Lipinski definition) is 3. The lowest BCUT2D eigenvalue weighted by molar-refractivity contribution is 0.619. The fraction of sp³-hybridized carbons (Fsp3) is 0.364. The van der Waals surface area contributed by atoms with E-state index in [-0.39, 0.29) is 0 Å². The van der Waals surface area contributed by atoms with Gasteiger partial charge in [0, 0.05) is 12.7 Å². The predicted molar refractivity (Wildman–Crippen MR) is 59.3 cm³/mol. The van der Waals surface area contributed by atoms with Crippen molar-refractivity contribution in [2.45, 2.75) is 19.4 Å². The molecular formula is C11H11N3O2. The van der Waals surface area contributed by atoms with E-state index in [2.05, 4.69) is 9.97 Å². The molecule has 0 radical (unpaired) electrons. The number of rotatable bonds is 2. The lowest BCUT2D eigenvalue weighted by Gasteiger charge is -2.07. The standard InChI is InChI=1S/C11H11N3O2/c15-10-11(16)14(6-7-3-4-7)8-2-1-5-12-9(8)13-10/h1-2,5,7H,3-4,6H2,(H,12,13,15). The van der Waals surface area contributed by atoms with Crippen LogP contribution in [0.2, 0.25) is 0 Å². The van der Waals surface area contributed by atoms with E-state index in [4.69, 9.17) is 0 Å². The molecule has 0 amide bonds. The van der Waals surface area contributed by atoms with Crippen molar-refractivity contribution in [3.63, 3.8) is 0 Å². The van der Waals surface area contributed by atoms with Crippen LogP contribution in [0.15, 0.2) is 27.9 Å². The monoisotopic (exact) mass is 217 g/mol. The molecule has 5 nitrogen and oxygen atoms in total. The van der Waals surface area contributed by atoms with Crippen molar-refractivity contribution in [3.8, 4) is 0 Å². The molecule has 1 fully saturated rings. The van der Waals surface area contributed by atoms with Gasteiger partial charge in [0.15, 0.2) is 5.65 Å². The summed E-state index contributed by atoms with van der Waals surface area (Å²) in [6.45, 7) is 0.630. The van der Waals surface area contributed by atoms with Crippen LogP contribution >= 0.6 is 0 Å². The third kappa shape index (κ3) is 1.44. The van der Waals surface area contributed by atoms with E-state index in [9.17, 15) is 9.59 Å². The Morgan fingerprint density at radius 3 is 3.00 bits per heavy atom. The van der Waals surface area contributed by atoms with Crippen LogP contribution < -0.4 is 11.1 Å². The second-order valence-electron chi connectivity index (χ2n) is 4.18. The van der Waals surface area contributed by atoms with Gasteiger partial charge < -0.3 is 9.55 Å². The fourth-order valence-corrected chi connectivity index (χ4v) is 1.84. The predicted octanol–water partition coefficient (Wildman–Crippen LogP) is 0.495. The molecule has 2 aromatic rings. The Kier molecular flexibility index (Phi) is 1.92. The molecule has 82 valence electrons. The first-order valence-electron chi connectivity index (χ1n) is 5.33. The minimum atomic E-state index is -0.591. The average Bonchev–Trinajstić information content (AvgIpc) is 3.08. The summed E-state index contributed by atoms with van der Waals surface area (Å²) in [6, 6.07) is 3.57. The summed E-state index contributed by atoms with van der Waals surface area (Å²) in [6.07, 6.45) is 3.88. The highest BCUT2D eigenvalue weighted by Crippen LogP contribution is 2.30. The Bertz CT molecular complexity index is 652. The third-order valence-electron chi connectivity index (χ3n) is 2.89. The molecule has 0 atom stereocenters. The fourth-order valence-electron chi connectivity index (χ4n) is 1.84. The zero-order valence-electron chi connectivity index (χ0n) is 8.64. The number of pyridine rings is 1. The van der Waals surface area contributed by atoms with Gasteiger partial charge in [0.25, 0.3) is 0 Å². The highest BCUT2D eigenvalue weighted by Gasteiger charge is 2.23. The van der Waals surface area contributed by atoms with Crippen LogP contribution in [0.5, 0.6) is 0 Å². The highest BCUT2D eigenvalue weighted by atomic mass is 16.2. The van der Waals surface area contributed by atoms with Crippen molar-refractivity contribution in [1.29, 1.82) is 0 Å². The zero-order valence-corrected chi connectivity index (χ0v) is 8.64. The van der Waals surface area contributed by atoms with Crippen LogP contribution in [-0.2, 0) is 6.54 Å². The maximum atomic E-state index is 11.7. The number of H-pyrrole nitrogens is 1. The van der Waals surface area contributed by atoms with E-state index >= 15 is 0 Å². The van der Waals surface area contributed by atoms with Gasteiger partial charge >= 0.3 is 11.1 Å². The minimum absolute atomic E-state index is 0.479.